The van der Waals surface area contributed by atoms with Crippen LogP contribution in [0.5, 0.6) is 0 Å². The molecule has 9 heteroatoms. The second-order valence-electron chi connectivity index (χ2n) is 14.7. The van der Waals surface area contributed by atoms with Crippen LogP contribution in [0.15, 0.2) is 60.7 Å². The van der Waals surface area contributed by atoms with Crippen molar-refractivity contribution in [3.05, 3.63) is 71.8 Å². The first-order valence-electron chi connectivity index (χ1n) is 15.8. The fourth-order valence-corrected chi connectivity index (χ4v) is 4.94. The first kappa shape index (κ1) is 37.9. The summed E-state index contributed by atoms with van der Waals surface area (Å²) in [6, 6.07) is 20.1. The molecule has 0 aliphatic carbocycles. The number of nitrogens with zero attached hydrogens (tertiary/aromatic N) is 2. The zero-order valence-electron chi connectivity index (χ0n) is 29.0. The number of hydrogen-bond donors (Lipinski definition) is 1. The maximum Gasteiger partial charge on any atom is 0.362 e. The molecule has 0 saturated carbocycles. The monoisotopic (exact) mass is 626 g/mol. The lowest BCUT2D eigenvalue weighted by molar-refractivity contribution is -0.927. The van der Waals surface area contributed by atoms with E-state index in [9.17, 15) is 14.4 Å². The summed E-state index contributed by atoms with van der Waals surface area (Å²) in [5.74, 6) is -1.03. The molecule has 0 fully saturated rings. The normalized spacial score (nSPS) is 12.6. The van der Waals surface area contributed by atoms with Crippen LogP contribution in [0.1, 0.15) is 73.4 Å². The fourth-order valence-electron chi connectivity index (χ4n) is 4.94. The van der Waals surface area contributed by atoms with Gasteiger partial charge in [0, 0.05) is 31.7 Å². The van der Waals surface area contributed by atoms with E-state index in [-0.39, 0.29) is 42.0 Å². The Morgan fingerprint density at radius 1 is 0.644 bits per heavy atom. The molecule has 9 nitrogen and oxygen atoms in total. The van der Waals surface area contributed by atoms with Crippen molar-refractivity contribution in [3.8, 4) is 0 Å². The quantitative estimate of drug-likeness (QED) is 0.119. The van der Waals surface area contributed by atoms with Crippen LogP contribution in [0.4, 0.5) is 0 Å². The molecule has 0 spiro atoms. The minimum atomic E-state index is -0.662. The van der Waals surface area contributed by atoms with Crippen LogP contribution in [0, 0.1) is 0 Å². The van der Waals surface area contributed by atoms with Crippen LogP contribution < -0.4 is 5.32 Å². The first-order valence-corrected chi connectivity index (χ1v) is 15.8. The van der Waals surface area contributed by atoms with Crippen molar-refractivity contribution in [1.29, 1.82) is 0 Å². The number of hydrogen-bond acceptors (Lipinski definition) is 8. The molecule has 0 unspecified atom stereocenters. The van der Waals surface area contributed by atoms with Crippen molar-refractivity contribution in [2.24, 2.45) is 0 Å². The van der Waals surface area contributed by atoms with Crippen molar-refractivity contribution in [1.82, 2.24) is 10.2 Å². The van der Waals surface area contributed by atoms with Crippen LogP contribution in [-0.2, 0) is 41.7 Å². The third kappa shape index (κ3) is 17.1. The van der Waals surface area contributed by atoms with E-state index in [1.807, 2.05) is 111 Å². The fraction of sp³-hybridized carbons (Fsp3) is 0.583. The molecule has 0 aliphatic heterocycles. The van der Waals surface area contributed by atoms with Crippen molar-refractivity contribution in [2.75, 3.05) is 45.8 Å². The number of carbonyl (C=O) groups is 3. The van der Waals surface area contributed by atoms with Gasteiger partial charge in [-0.25, -0.2) is 9.59 Å². The Morgan fingerprint density at radius 2 is 1.09 bits per heavy atom. The average molecular weight is 627 g/mol. The summed E-state index contributed by atoms with van der Waals surface area (Å²) in [6.45, 7) is 20.1. The second kappa shape index (κ2) is 16.9. The maximum absolute atomic E-state index is 13.4. The van der Waals surface area contributed by atoms with Gasteiger partial charge in [-0.2, -0.15) is 0 Å². The molecule has 0 amide bonds. The summed E-state index contributed by atoms with van der Waals surface area (Å²) in [5, 5.41) is 3.21. The summed E-state index contributed by atoms with van der Waals surface area (Å²) in [7, 11) is 0. The van der Waals surface area contributed by atoms with E-state index in [0.717, 1.165) is 11.1 Å². The summed E-state index contributed by atoms with van der Waals surface area (Å²) in [5.41, 5.74) is 0.290. The van der Waals surface area contributed by atoms with Gasteiger partial charge < -0.3 is 24.0 Å². The number of carbonyl (C=O) groups excluding carboxylic acids is 3. The predicted octanol–water partition coefficient (Wildman–Crippen LogP) is 5.12. The zero-order valence-corrected chi connectivity index (χ0v) is 29.0. The molecule has 1 N–H and O–H groups in total. The Hall–Kier alpha value is -3.27. The number of ether oxygens (including phenoxy) is 3. The average Bonchev–Trinajstić information content (AvgIpc) is 2.87. The number of esters is 3. The molecule has 0 radical (unpaired) electrons. The van der Waals surface area contributed by atoms with Crippen LogP contribution in [-0.4, -0.2) is 89.9 Å². The molecule has 45 heavy (non-hydrogen) atoms. The largest absolute Gasteiger partial charge is 0.459 e. The van der Waals surface area contributed by atoms with Crippen molar-refractivity contribution < 1.29 is 33.1 Å². The van der Waals surface area contributed by atoms with Crippen molar-refractivity contribution >= 4 is 17.9 Å². The highest BCUT2D eigenvalue weighted by atomic mass is 16.6. The van der Waals surface area contributed by atoms with Crippen LogP contribution in [0.25, 0.3) is 0 Å². The van der Waals surface area contributed by atoms with E-state index >= 15 is 0 Å². The Bertz CT molecular complexity index is 1170. The highest BCUT2D eigenvalue weighted by Crippen LogP contribution is 2.20. The highest BCUT2D eigenvalue weighted by molar-refractivity contribution is 5.73. The molecule has 0 heterocycles. The van der Waals surface area contributed by atoms with Crippen LogP contribution >= 0.6 is 0 Å². The van der Waals surface area contributed by atoms with Gasteiger partial charge in [-0.15, -0.1) is 0 Å². The van der Waals surface area contributed by atoms with Crippen LogP contribution in [0.2, 0.25) is 0 Å². The molecule has 0 saturated heterocycles. The zero-order chi connectivity index (χ0) is 33.7. The smallest absolute Gasteiger partial charge is 0.362 e. The lowest BCUT2D eigenvalue weighted by Gasteiger charge is -2.39. The molecule has 0 atom stereocenters. The van der Waals surface area contributed by atoms with E-state index in [2.05, 4.69) is 22.3 Å². The van der Waals surface area contributed by atoms with Crippen molar-refractivity contribution in [2.45, 2.75) is 92.2 Å². The Labute approximate surface area is 270 Å². The number of benzene rings is 2. The third-order valence-electron chi connectivity index (χ3n) is 6.56. The lowest BCUT2D eigenvalue weighted by atomic mass is 10.1. The van der Waals surface area contributed by atoms with E-state index < -0.39 is 16.8 Å². The topological polar surface area (TPSA) is 94.2 Å². The Morgan fingerprint density at radius 3 is 1.56 bits per heavy atom. The van der Waals surface area contributed by atoms with E-state index in [4.69, 9.17) is 14.2 Å². The maximum atomic E-state index is 13.4. The minimum Gasteiger partial charge on any atom is -0.459 e. The standard InChI is InChI=1S/C36H56N3O6/c1-34(2,3)43-31(40)24-37-20-21-38(25-29-16-12-10-13-17-29)22-23-39(26-30-18-14-11-15-19-30,27-32(41)44-35(4,5)6)28-33(42)45-36(7,8)9/h10-19,37H,20-28H2,1-9H3/q+1. The van der Waals surface area contributed by atoms with Gasteiger partial charge in [0.1, 0.15) is 23.3 Å². The molecule has 250 valence electrons. The molecule has 2 rings (SSSR count). The highest BCUT2D eigenvalue weighted by Gasteiger charge is 2.37. The van der Waals surface area contributed by atoms with Gasteiger partial charge >= 0.3 is 17.9 Å². The van der Waals surface area contributed by atoms with Gasteiger partial charge in [0.25, 0.3) is 0 Å². The van der Waals surface area contributed by atoms with Gasteiger partial charge in [-0.1, -0.05) is 60.7 Å². The van der Waals surface area contributed by atoms with Crippen molar-refractivity contribution in [3.63, 3.8) is 0 Å². The Kier molecular flexibility index (Phi) is 14.2. The molecular weight excluding hydrogens is 570 g/mol. The summed E-state index contributed by atoms with van der Waals surface area (Å²) < 4.78 is 17.1. The Balaban J connectivity index is 2.35. The van der Waals surface area contributed by atoms with Gasteiger partial charge in [0.2, 0.25) is 0 Å². The third-order valence-corrected chi connectivity index (χ3v) is 6.56. The van der Waals surface area contributed by atoms with E-state index in [1.165, 1.54) is 0 Å². The summed E-state index contributed by atoms with van der Waals surface area (Å²) in [6.07, 6.45) is 0. The number of rotatable bonds is 16. The van der Waals surface area contributed by atoms with E-state index in [1.54, 1.807) is 0 Å². The van der Waals surface area contributed by atoms with Gasteiger partial charge in [0.05, 0.1) is 13.1 Å². The minimum absolute atomic E-state index is 0.0154. The summed E-state index contributed by atoms with van der Waals surface area (Å²) >= 11 is 0. The van der Waals surface area contributed by atoms with E-state index in [0.29, 0.717) is 39.3 Å². The van der Waals surface area contributed by atoms with Crippen LogP contribution in [0.3, 0.4) is 0 Å². The molecule has 2 aromatic rings. The summed E-state index contributed by atoms with van der Waals surface area (Å²) in [4.78, 5) is 41.3. The number of quaternary nitrogens is 1. The van der Waals surface area contributed by atoms with Gasteiger partial charge in [0.15, 0.2) is 13.1 Å². The SMILES string of the molecule is CC(C)(C)OC(=O)CNCCN(CC[N+](CC(=O)OC(C)(C)C)(CC(=O)OC(C)(C)C)Cc1ccccc1)Cc1ccccc1. The molecule has 0 bridgehead atoms. The lowest BCUT2D eigenvalue weighted by Crippen LogP contribution is -2.57. The molecule has 0 aliphatic rings. The molecular formula is C36H56N3O6+. The molecule has 2 aromatic carbocycles. The van der Waals surface area contributed by atoms with Gasteiger partial charge in [-0.05, 0) is 67.9 Å². The number of nitrogens with one attached hydrogen (secondary N) is 1. The molecule has 0 aromatic heterocycles. The first-order chi connectivity index (χ1) is 20.8. The predicted molar refractivity (Wildman–Crippen MR) is 177 cm³/mol. The second-order valence-corrected chi connectivity index (χ2v) is 14.7. The van der Waals surface area contributed by atoms with Gasteiger partial charge in [-0.3, -0.25) is 9.69 Å².